The molecule has 1 unspecified atom stereocenters. The first-order valence-electron chi connectivity index (χ1n) is 7.86. The van der Waals surface area contributed by atoms with Gasteiger partial charge in [-0.25, -0.2) is 8.78 Å². The van der Waals surface area contributed by atoms with E-state index in [2.05, 4.69) is 20.1 Å². The van der Waals surface area contributed by atoms with Gasteiger partial charge in [-0.05, 0) is 34.8 Å². The zero-order valence-corrected chi connectivity index (χ0v) is 13.7. The van der Waals surface area contributed by atoms with E-state index in [1.807, 2.05) is 0 Å². The zero-order chi connectivity index (χ0) is 18.8. The number of nitrogens with zero attached hydrogens (tertiary/aromatic N) is 7. The maximum absolute atomic E-state index is 13.7. The summed E-state index contributed by atoms with van der Waals surface area (Å²) in [4.78, 5) is 19.5. The van der Waals surface area contributed by atoms with Crippen molar-refractivity contribution in [1.29, 1.82) is 0 Å². The summed E-state index contributed by atoms with van der Waals surface area (Å²) in [5.74, 6) is -3.30. The van der Waals surface area contributed by atoms with Gasteiger partial charge in [0.05, 0.1) is 25.2 Å². The molecule has 1 aliphatic heterocycles. The number of hydrogen-bond donors (Lipinski definition) is 0. The minimum absolute atomic E-state index is 0.0311. The van der Waals surface area contributed by atoms with Crippen LogP contribution in [0.25, 0.3) is 20.9 Å². The van der Waals surface area contributed by atoms with E-state index >= 15 is 0 Å². The molecule has 11 heteroatoms. The highest BCUT2D eigenvalue weighted by Gasteiger charge is 2.72. The number of hydrogen-bond acceptors (Lipinski definition) is 4. The predicted molar refractivity (Wildman–Crippen MR) is 86.8 cm³/mol. The summed E-state index contributed by atoms with van der Waals surface area (Å²) in [6, 6.07) is 4.37. The molecular formula is C15H15F2N7O2. The van der Waals surface area contributed by atoms with Gasteiger partial charge in [-0.1, -0.05) is 10.2 Å². The number of carbonyl (C=O) groups is 1. The van der Waals surface area contributed by atoms with Crippen molar-refractivity contribution in [2.24, 2.45) is 15.6 Å². The molecule has 1 saturated carbocycles. The largest absolute Gasteiger partial charge is 0.379 e. The lowest BCUT2D eigenvalue weighted by molar-refractivity contribution is 0.0192. The first-order chi connectivity index (χ1) is 12.4. The van der Waals surface area contributed by atoms with Crippen molar-refractivity contribution in [2.75, 3.05) is 26.3 Å². The maximum atomic E-state index is 13.7. The van der Waals surface area contributed by atoms with E-state index in [1.54, 1.807) is 0 Å². The van der Waals surface area contributed by atoms with E-state index in [0.29, 0.717) is 5.56 Å². The number of carbonyl (C=O) groups excluding carboxylic acids is 1. The molecule has 1 spiro atoms. The minimum Gasteiger partial charge on any atom is -0.379 e. The first kappa shape index (κ1) is 17.9. The van der Waals surface area contributed by atoms with Crippen molar-refractivity contribution in [3.63, 3.8) is 0 Å². The normalized spacial score (nSPS) is 23.5. The molecule has 1 atom stereocenters. The maximum Gasteiger partial charge on any atom is 0.258 e. The molecule has 2 aliphatic rings. The van der Waals surface area contributed by atoms with Crippen LogP contribution in [0.2, 0.25) is 0 Å². The topological polar surface area (TPSA) is 127 Å². The predicted octanol–water partition coefficient (Wildman–Crippen LogP) is 3.94. The summed E-state index contributed by atoms with van der Waals surface area (Å²) < 4.78 is 32.7. The van der Waals surface area contributed by atoms with Crippen LogP contribution in [0.4, 0.5) is 14.5 Å². The summed E-state index contributed by atoms with van der Waals surface area (Å²) in [5, 5.41) is 6.90. The van der Waals surface area contributed by atoms with Gasteiger partial charge in [-0.15, -0.1) is 0 Å². The molecule has 1 heterocycles. The highest BCUT2D eigenvalue weighted by atomic mass is 19.3. The van der Waals surface area contributed by atoms with Crippen molar-refractivity contribution in [3.05, 3.63) is 50.2 Å². The fourth-order valence-corrected chi connectivity index (χ4v) is 3.11. The Morgan fingerprint density at radius 1 is 1.31 bits per heavy atom. The summed E-state index contributed by atoms with van der Waals surface area (Å²) in [6.45, 7) is 0.150. The Hall–Kier alpha value is -2.87. The standard InChI is InChI=1S/C15H15F2N7O2/c16-15(17)7-14(15)8-24(1-2-26-9-14)13(25)11-3-10(6-20-22-18)4-12(5-11)21-23-19/h3-5H,1-2,6-9H2. The van der Waals surface area contributed by atoms with Gasteiger partial charge in [0.15, 0.2) is 0 Å². The number of rotatable bonds is 4. The third-order valence-electron chi connectivity index (χ3n) is 4.58. The molecule has 1 amide bonds. The van der Waals surface area contributed by atoms with Crippen LogP contribution in [0, 0.1) is 5.41 Å². The summed E-state index contributed by atoms with van der Waals surface area (Å²) in [5.41, 5.74) is 16.6. The Balaban J connectivity index is 1.89. The van der Waals surface area contributed by atoms with Crippen LogP contribution < -0.4 is 0 Å². The van der Waals surface area contributed by atoms with Crippen LogP contribution in [-0.4, -0.2) is 43.0 Å². The molecule has 26 heavy (non-hydrogen) atoms. The van der Waals surface area contributed by atoms with Gasteiger partial charge in [0.2, 0.25) is 0 Å². The molecule has 1 saturated heterocycles. The fourth-order valence-electron chi connectivity index (χ4n) is 3.11. The van der Waals surface area contributed by atoms with Crippen molar-refractivity contribution in [1.82, 2.24) is 4.90 Å². The molecule has 0 N–H and O–H groups in total. The van der Waals surface area contributed by atoms with Crippen molar-refractivity contribution >= 4 is 11.6 Å². The monoisotopic (exact) mass is 363 g/mol. The Kier molecular flexibility index (Phi) is 4.69. The van der Waals surface area contributed by atoms with E-state index in [1.165, 1.54) is 23.1 Å². The lowest BCUT2D eigenvalue weighted by Gasteiger charge is -2.24. The molecule has 1 aromatic rings. The highest BCUT2D eigenvalue weighted by Crippen LogP contribution is 2.61. The second kappa shape index (κ2) is 6.80. The molecule has 1 aromatic carbocycles. The van der Waals surface area contributed by atoms with E-state index in [0.717, 1.165) is 0 Å². The second-order valence-electron chi connectivity index (χ2n) is 6.41. The number of halogens is 2. The quantitative estimate of drug-likeness (QED) is 0.456. The van der Waals surface area contributed by atoms with Gasteiger partial charge in [-0.3, -0.25) is 4.79 Å². The number of amides is 1. The number of alkyl halides is 2. The summed E-state index contributed by atoms with van der Waals surface area (Å²) in [7, 11) is 0. The van der Waals surface area contributed by atoms with Gasteiger partial charge in [-0.2, -0.15) is 0 Å². The highest BCUT2D eigenvalue weighted by molar-refractivity contribution is 5.95. The third kappa shape index (κ3) is 3.41. The Morgan fingerprint density at radius 3 is 2.73 bits per heavy atom. The summed E-state index contributed by atoms with van der Waals surface area (Å²) >= 11 is 0. The zero-order valence-electron chi connectivity index (χ0n) is 13.7. The molecule has 0 aromatic heterocycles. The van der Waals surface area contributed by atoms with E-state index in [-0.39, 0.29) is 50.5 Å². The van der Waals surface area contributed by atoms with Gasteiger partial charge >= 0.3 is 0 Å². The van der Waals surface area contributed by atoms with Gasteiger partial charge in [0.1, 0.15) is 0 Å². The van der Waals surface area contributed by atoms with Crippen LogP contribution >= 0.6 is 0 Å². The Bertz CT molecular complexity index is 833. The third-order valence-corrected chi connectivity index (χ3v) is 4.58. The first-order valence-corrected chi connectivity index (χ1v) is 7.86. The second-order valence-corrected chi connectivity index (χ2v) is 6.41. The van der Waals surface area contributed by atoms with Crippen LogP contribution in [0.3, 0.4) is 0 Å². The van der Waals surface area contributed by atoms with E-state index in [9.17, 15) is 13.6 Å². The molecule has 1 aliphatic carbocycles. The van der Waals surface area contributed by atoms with Gasteiger partial charge in [0, 0.05) is 40.6 Å². The average molecular weight is 363 g/mol. The minimum atomic E-state index is -2.84. The molecule has 0 radical (unpaired) electrons. The molecule has 2 fully saturated rings. The van der Waals surface area contributed by atoms with Crippen LogP contribution in [0.5, 0.6) is 0 Å². The lowest BCUT2D eigenvalue weighted by atomic mass is 10.0. The Labute approximate surface area is 146 Å². The lowest BCUT2D eigenvalue weighted by Crippen LogP contribution is -2.38. The van der Waals surface area contributed by atoms with E-state index < -0.39 is 17.2 Å². The molecule has 136 valence electrons. The van der Waals surface area contributed by atoms with Crippen molar-refractivity contribution in [3.8, 4) is 0 Å². The molecular weight excluding hydrogens is 348 g/mol. The van der Waals surface area contributed by atoms with Gasteiger partial charge < -0.3 is 9.64 Å². The number of ether oxygens (including phenoxy) is 1. The number of benzene rings is 1. The van der Waals surface area contributed by atoms with Crippen molar-refractivity contribution in [2.45, 2.75) is 18.9 Å². The van der Waals surface area contributed by atoms with E-state index in [4.69, 9.17) is 15.8 Å². The smallest absolute Gasteiger partial charge is 0.258 e. The van der Waals surface area contributed by atoms with Crippen LogP contribution in [-0.2, 0) is 11.3 Å². The average Bonchev–Trinajstić information content (AvgIpc) is 3.23. The Morgan fingerprint density at radius 2 is 2.08 bits per heavy atom. The molecule has 9 nitrogen and oxygen atoms in total. The fraction of sp³-hybridized carbons (Fsp3) is 0.533. The SMILES string of the molecule is [N-]=[N+]=NCc1cc(N=[N+]=[N-])cc(C(=O)N2CCOCC3(C2)CC3(F)F)c1. The summed E-state index contributed by atoms with van der Waals surface area (Å²) in [6.07, 6.45) is -0.301. The van der Waals surface area contributed by atoms with Gasteiger partial charge in [0.25, 0.3) is 11.8 Å². The number of azide groups is 2. The van der Waals surface area contributed by atoms with Crippen LogP contribution in [0.1, 0.15) is 22.3 Å². The molecule has 0 bridgehead atoms. The van der Waals surface area contributed by atoms with Crippen LogP contribution in [0.15, 0.2) is 28.4 Å². The molecule has 3 rings (SSSR count). The van der Waals surface area contributed by atoms with Crippen molar-refractivity contribution < 1.29 is 18.3 Å².